The third kappa shape index (κ3) is 3.73. The van der Waals surface area contributed by atoms with E-state index in [1.165, 1.54) is 12.8 Å². The molecule has 0 bridgehead atoms. The second-order valence-electron chi connectivity index (χ2n) is 4.78. The van der Waals surface area contributed by atoms with Crippen molar-refractivity contribution in [3.63, 3.8) is 0 Å². The number of benzene rings is 1. The highest BCUT2D eigenvalue weighted by Crippen LogP contribution is 2.29. The second kappa shape index (κ2) is 5.74. The van der Waals surface area contributed by atoms with Crippen LogP contribution in [0.15, 0.2) is 16.6 Å². The molecule has 1 aromatic rings. The molecule has 1 aliphatic rings. The van der Waals surface area contributed by atoms with E-state index in [0.717, 1.165) is 21.3 Å². The molecule has 0 unspecified atom stereocenters. The molecule has 1 aliphatic carbocycles. The number of hydrogen-bond donors (Lipinski definition) is 0. The van der Waals surface area contributed by atoms with E-state index < -0.39 is 0 Å². The summed E-state index contributed by atoms with van der Waals surface area (Å²) in [5, 5.41) is 0. The van der Waals surface area contributed by atoms with Gasteiger partial charge in [0.15, 0.2) is 6.61 Å². The Kier molecular flexibility index (Phi) is 4.27. The summed E-state index contributed by atoms with van der Waals surface area (Å²) in [6.45, 7) is 4.45. The minimum atomic E-state index is -0.288. The molecule has 1 saturated carbocycles. The van der Waals surface area contributed by atoms with E-state index in [-0.39, 0.29) is 12.6 Å². The molecule has 0 saturated heterocycles. The van der Waals surface area contributed by atoms with Crippen molar-refractivity contribution in [3.8, 4) is 5.75 Å². The maximum absolute atomic E-state index is 11.5. The lowest BCUT2D eigenvalue weighted by atomic mass is 10.1. The monoisotopic (exact) mass is 312 g/mol. The van der Waals surface area contributed by atoms with Gasteiger partial charge in [-0.15, -0.1) is 0 Å². The van der Waals surface area contributed by atoms with Gasteiger partial charge >= 0.3 is 5.97 Å². The zero-order chi connectivity index (χ0) is 13.1. The lowest BCUT2D eigenvalue weighted by Gasteiger charge is -2.12. The Morgan fingerprint density at radius 1 is 1.33 bits per heavy atom. The Morgan fingerprint density at radius 2 is 1.94 bits per heavy atom. The molecule has 0 N–H and O–H groups in total. The molecule has 18 heavy (non-hydrogen) atoms. The van der Waals surface area contributed by atoms with Crippen molar-refractivity contribution in [1.29, 1.82) is 0 Å². The van der Waals surface area contributed by atoms with E-state index >= 15 is 0 Å². The number of carbonyl (C=O) groups is 1. The number of ether oxygens (including phenoxy) is 2. The van der Waals surface area contributed by atoms with Crippen LogP contribution in [0.3, 0.4) is 0 Å². The molecule has 0 aromatic heterocycles. The fourth-order valence-electron chi connectivity index (χ4n) is 1.79. The lowest BCUT2D eigenvalue weighted by Crippen LogP contribution is -2.16. The van der Waals surface area contributed by atoms with E-state index in [2.05, 4.69) is 15.9 Å². The highest BCUT2D eigenvalue weighted by Gasteiger charge is 2.23. The third-order valence-electron chi connectivity index (χ3n) is 2.94. The first kappa shape index (κ1) is 13.4. The average Bonchev–Trinajstić information content (AvgIpc) is 3.08. The molecule has 1 aromatic carbocycles. The third-order valence-corrected chi connectivity index (χ3v) is 3.39. The number of carbonyl (C=O) groups excluding carboxylic acids is 1. The molecule has 1 fully saturated rings. The van der Waals surface area contributed by atoms with Crippen LogP contribution in [0.2, 0.25) is 0 Å². The summed E-state index contributed by atoms with van der Waals surface area (Å²) in [6, 6.07) is 3.94. The van der Waals surface area contributed by atoms with E-state index in [9.17, 15) is 4.79 Å². The van der Waals surface area contributed by atoms with Crippen LogP contribution in [0.5, 0.6) is 5.75 Å². The molecule has 0 heterocycles. The second-order valence-corrected chi connectivity index (χ2v) is 5.70. The highest BCUT2D eigenvalue weighted by atomic mass is 79.9. The number of rotatable bonds is 5. The van der Waals surface area contributed by atoms with Gasteiger partial charge in [0.25, 0.3) is 0 Å². The first-order valence-corrected chi connectivity index (χ1v) is 6.90. The zero-order valence-corrected chi connectivity index (χ0v) is 12.2. The molecule has 0 spiro atoms. The van der Waals surface area contributed by atoms with Crippen LogP contribution in [-0.4, -0.2) is 19.2 Å². The molecule has 0 radical (unpaired) electrons. The van der Waals surface area contributed by atoms with Gasteiger partial charge in [0.2, 0.25) is 0 Å². The van der Waals surface area contributed by atoms with Crippen LogP contribution in [0.4, 0.5) is 0 Å². The first-order chi connectivity index (χ1) is 8.56. The van der Waals surface area contributed by atoms with Crippen molar-refractivity contribution in [1.82, 2.24) is 0 Å². The Hall–Kier alpha value is -1.03. The lowest BCUT2D eigenvalue weighted by molar-refractivity contribution is -0.146. The largest absolute Gasteiger partial charge is 0.481 e. The summed E-state index contributed by atoms with van der Waals surface area (Å²) in [5.41, 5.74) is 2.02. The summed E-state index contributed by atoms with van der Waals surface area (Å²) < 4.78 is 11.7. The van der Waals surface area contributed by atoms with Gasteiger partial charge in [0.1, 0.15) is 5.75 Å². The summed E-state index contributed by atoms with van der Waals surface area (Å²) >= 11 is 3.43. The van der Waals surface area contributed by atoms with Crippen LogP contribution in [-0.2, 0) is 9.53 Å². The fourth-order valence-corrected chi connectivity index (χ4v) is 2.48. The standard InChI is InChI=1S/C14H17BrO3/c1-9-5-12(15)6-10(2)14(9)18-8-13(16)17-7-11-3-4-11/h5-6,11H,3-4,7-8H2,1-2H3. The predicted molar refractivity (Wildman–Crippen MR) is 72.8 cm³/mol. The first-order valence-electron chi connectivity index (χ1n) is 6.11. The summed E-state index contributed by atoms with van der Waals surface area (Å²) in [7, 11) is 0. The highest BCUT2D eigenvalue weighted by molar-refractivity contribution is 9.10. The van der Waals surface area contributed by atoms with Gasteiger partial charge in [-0.1, -0.05) is 15.9 Å². The topological polar surface area (TPSA) is 35.5 Å². The smallest absolute Gasteiger partial charge is 0.344 e. The van der Waals surface area contributed by atoms with Gasteiger partial charge in [0.05, 0.1) is 6.61 Å². The van der Waals surface area contributed by atoms with Crippen LogP contribution in [0, 0.1) is 19.8 Å². The normalized spacial score (nSPS) is 14.4. The summed E-state index contributed by atoms with van der Waals surface area (Å²) in [6.07, 6.45) is 2.36. The maximum Gasteiger partial charge on any atom is 0.344 e. The maximum atomic E-state index is 11.5. The van der Waals surface area contributed by atoms with Gasteiger partial charge in [-0.3, -0.25) is 0 Å². The van der Waals surface area contributed by atoms with Crippen LogP contribution >= 0.6 is 15.9 Å². The van der Waals surface area contributed by atoms with E-state index in [4.69, 9.17) is 9.47 Å². The number of halogens is 1. The summed E-state index contributed by atoms with van der Waals surface area (Å²) in [5.74, 6) is 1.07. The Labute approximate surface area is 116 Å². The van der Waals surface area contributed by atoms with Gasteiger partial charge in [-0.25, -0.2) is 4.79 Å². The fraction of sp³-hybridized carbons (Fsp3) is 0.500. The molecule has 3 nitrogen and oxygen atoms in total. The number of hydrogen-bond acceptors (Lipinski definition) is 3. The summed E-state index contributed by atoms with van der Waals surface area (Å²) in [4.78, 5) is 11.5. The van der Waals surface area contributed by atoms with Gasteiger partial charge in [-0.2, -0.15) is 0 Å². The van der Waals surface area contributed by atoms with E-state index in [1.54, 1.807) is 0 Å². The predicted octanol–water partition coefficient (Wildman–Crippen LogP) is 3.40. The number of esters is 1. The average molecular weight is 313 g/mol. The number of aryl methyl sites for hydroxylation is 2. The van der Waals surface area contributed by atoms with Crippen LogP contribution < -0.4 is 4.74 Å². The van der Waals surface area contributed by atoms with Crippen LogP contribution in [0.25, 0.3) is 0 Å². The molecule has 0 aliphatic heterocycles. The van der Waals surface area contributed by atoms with Crippen molar-refractivity contribution in [2.45, 2.75) is 26.7 Å². The van der Waals surface area contributed by atoms with E-state index in [0.29, 0.717) is 12.5 Å². The molecular weight excluding hydrogens is 296 g/mol. The van der Waals surface area contributed by atoms with Crippen molar-refractivity contribution in [2.24, 2.45) is 5.92 Å². The van der Waals surface area contributed by atoms with Crippen molar-refractivity contribution in [3.05, 3.63) is 27.7 Å². The molecule has 2 rings (SSSR count). The SMILES string of the molecule is Cc1cc(Br)cc(C)c1OCC(=O)OCC1CC1. The van der Waals surface area contributed by atoms with Crippen molar-refractivity contribution in [2.75, 3.05) is 13.2 Å². The van der Waals surface area contributed by atoms with Crippen molar-refractivity contribution >= 4 is 21.9 Å². The van der Waals surface area contributed by atoms with Gasteiger partial charge in [-0.05, 0) is 55.9 Å². The minimum absolute atomic E-state index is 0.0178. The zero-order valence-electron chi connectivity index (χ0n) is 10.7. The van der Waals surface area contributed by atoms with Crippen molar-refractivity contribution < 1.29 is 14.3 Å². The van der Waals surface area contributed by atoms with Crippen LogP contribution in [0.1, 0.15) is 24.0 Å². The molecule has 4 heteroatoms. The molecular formula is C14H17BrO3. The van der Waals surface area contributed by atoms with Gasteiger partial charge in [0, 0.05) is 4.47 Å². The quantitative estimate of drug-likeness (QED) is 0.782. The Morgan fingerprint density at radius 3 is 2.50 bits per heavy atom. The molecule has 98 valence electrons. The van der Waals surface area contributed by atoms with Gasteiger partial charge < -0.3 is 9.47 Å². The molecule has 0 amide bonds. The Bertz CT molecular complexity index is 429. The molecule has 0 atom stereocenters. The Balaban J connectivity index is 1.86. The minimum Gasteiger partial charge on any atom is -0.481 e. The van der Waals surface area contributed by atoms with E-state index in [1.807, 2.05) is 26.0 Å².